The van der Waals surface area contributed by atoms with Crippen LogP contribution in [0.15, 0.2) is 5.16 Å². The van der Waals surface area contributed by atoms with E-state index in [0.29, 0.717) is 11.3 Å². The Morgan fingerprint density at radius 1 is 1.26 bits per heavy atom. The van der Waals surface area contributed by atoms with Crippen LogP contribution in [0.4, 0.5) is 0 Å². The van der Waals surface area contributed by atoms with Crippen LogP contribution in [0, 0.1) is 0 Å². The Kier molecular flexibility index (Phi) is 4.38. The second-order valence-electron chi connectivity index (χ2n) is 5.81. The Balaban J connectivity index is 1.45. The maximum absolute atomic E-state index is 4.15. The number of thioether (sulfide) groups is 1. The van der Waals surface area contributed by atoms with Crippen LogP contribution in [0.2, 0.25) is 0 Å². The molecule has 6 heteroatoms. The number of hydrogen-bond acceptors (Lipinski definition) is 5. The van der Waals surface area contributed by atoms with Gasteiger partial charge in [-0.25, -0.2) is 4.68 Å². The van der Waals surface area contributed by atoms with Crippen LogP contribution in [0.25, 0.3) is 0 Å². The van der Waals surface area contributed by atoms with E-state index in [4.69, 9.17) is 0 Å². The van der Waals surface area contributed by atoms with E-state index < -0.39 is 0 Å². The normalized spacial score (nSPS) is 22.6. The van der Waals surface area contributed by atoms with Crippen LogP contribution in [0.3, 0.4) is 0 Å². The first-order valence-corrected chi connectivity index (χ1v) is 8.39. The van der Waals surface area contributed by atoms with E-state index in [0.717, 1.165) is 17.7 Å². The highest BCUT2D eigenvalue weighted by Crippen LogP contribution is 2.37. The van der Waals surface area contributed by atoms with Gasteiger partial charge in [-0.3, -0.25) is 0 Å². The molecular formula is C13H23N5S. The van der Waals surface area contributed by atoms with Gasteiger partial charge in [-0.2, -0.15) is 0 Å². The van der Waals surface area contributed by atoms with Crippen molar-refractivity contribution < 1.29 is 0 Å². The van der Waals surface area contributed by atoms with Crippen LogP contribution in [-0.4, -0.2) is 38.0 Å². The molecule has 2 aliphatic carbocycles. The standard InChI is InChI=1S/C13H23N5S/c1-10(9-14-11-5-3-2-4-6-11)19-13-15-16-17-18(13)12-7-8-12/h10-12,14H,2-9H2,1H3. The van der Waals surface area contributed by atoms with Gasteiger partial charge in [-0.15, -0.1) is 5.10 Å². The third-order valence-corrected chi connectivity index (χ3v) is 5.01. The smallest absolute Gasteiger partial charge is 0.209 e. The number of hydrogen-bond donors (Lipinski definition) is 1. The molecule has 0 spiro atoms. The van der Waals surface area contributed by atoms with Crippen molar-refractivity contribution in [1.29, 1.82) is 0 Å². The molecule has 1 aromatic rings. The Morgan fingerprint density at radius 2 is 2.05 bits per heavy atom. The maximum atomic E-state index is 4.15. The minimum Gasteiger partial charge on any atom is -0.313 e. The van der Waals surface area contributed by atoms with Crippen molar-refractivity contribution in [2.45, 2.75) is 74.4 Å². The molecule has 1 aromatic heterocycles. The first-order chi connectivity index (χ1) is 9.33. The van der Waals surface area contributed by atoms with E-state index in [1.165, 1.54) is 44.9 Å². The highest BCUT2D eigenvalue weighted by molar-refractivity contribution is 7.99. The minimum absolute atomic E-state index is 0.519. The Bertz CT molecular complexity index is 397. The molecule has 1 heterocycles. The van der Waals surface area contributed by atoms with Crippen molar-refractivity contribution in [3.05, 3.63) is 0 Å². The fourth-order valence-electron chi connectivity index (χ4n) is 2.67. The number of aromatic nitrogens is 4. The fraction of sp³-hybridized carbons (Fsp3) is 0.923. The zero-order chi connectivity index (χ0) is 13.1. The highest BCUT2D eigenvalue weighted by atomic mass is 32.2. The van der Waals surface area contributed by atoms with Crippen LogP contribution >= 0.6 is 11.8 Å². The van der Waals surface area contributed by atoms with Gasteiger partial charge in [0.25, 0.3) is 0 Å². The highest BCUT2D eigenvalue weighted by Gasteiger charge is 2.28. The van der Waals surface area contributed by atoms with Crippen molar-refractivity contribution in [1.82, 2.24) is 25.5 Å². The van der Waals surface area contributed by atoms with Gasteiger partial charge in [0, 0.05) is 17.8 Å². The lowest BCUT2D eigenvalue weighted by molar-refractivity contribution is 0.375. The number of rotatable bonds is 6. The molecular weight excluding hydrogens is 258 g/mol. The van der Waals surface area contributed by atoms with Crippen molar-refractivity contribution in [2.24, 2.45) is 0 Å². The largest absolute Gasteiger partial charge is 0.313 e. The molecule has 1 N–H and O–H groups in total. The summed E-state index contributed by atoms with van der Waals surface area (Å²) in [6.45, 7) is 3.30. The van der Waals surface area contributed by atoms with E-state index in [1.807, 2.05) is 4.68 Å². The molecule has 0 radical (unpaired) electrons. The van der Waals surface area contributed by atoms with Gasteiger partial charge in [0.05, 0.1) is 6.04 Å². The zero-order valence-electron chi connectivity index (χ0n) is 11.6. The van der Waals surface area contributed by atoms with E-state index >= 15 is 0 Å². The summed E-state index contributed by atoms with van der Waals surface area (Å²) < 4.78 is 2.00. The summed E-state index contributed by atoms with van der Waals surface area (Å²) in [6.07, 6.45) is 9.34. The lowest BCUT2D eigenvalue weighted by atomic mass is 9.95. The summed E-state index contributed by atoms with van der Waals surface area (Å²) in [5.41, 5.74) is 0. The van der Waals surface area contributed by atoms with Gasteiger partial charge >= 0.3 is 0 Å². The van der Waals surface area contributed by atoms with Crippen molar-refractivity contribution >= 4 is 11.8 Å². The van der Waals surface area contributed by atoms with Crippen molar-refractivity contribution in [2.75, 3.05) is 6.54 Å². The summed E-state index contributed by atoms with van der Waals surface area (Å²) in [6, 6.07) is 1.30. The topological polar surface area (TPSA) is 55.6 Å². The van der Waals surface area contributed by atoms with Crippen LogP contribution < -0.4 is 5.32 Å². The lowest BCUT2D eigenvalue weighted by Gasteiger charge is -2.24. The van der Waals surface area contributed by atoms with E-state index in [9.17, 15) is 0 Å². The van der Waals surface area contributed by atoms with Gasteiger partial charge in [-0.05, 0) is 36.1 Å². The van der Waals surface area contributed by atoms with Crippen LogP contribution in [0.5, 0.6) is 0 Å². The fourth-order valence-corrected chi connectivity index (χ4v) is 3.59. The Hall–Kier alpha value is -0.620. The molecule has 0 saturated heterocycles. The first-order valence-electron chi connectivity index (χ1n) is 7.51. The average molecular weight is 281 g/mol. The summed E-state index contributed by atoms with van der Waals surface area (Å²) in [5.74, 6) is 0. The predicted octanol–water partition coefficient (Wildman–Crippen LogP) is 2.41. The average Bonchev–Trinajstić information content (AvgIpc) is 3.18. The SMILES string of the molecule is CC(CNC1CCCCC1)Sc1nnnn1C1CC1. The quantitative estimate of drug-likeness (QED) is 0.812. The second kappa shape index (κ2) is 6.22. The molecule has 0 amide bonds. The third-order valence-electron chi connectivity index (χ3n) is 3.96. The molecule has 3 rings (SSSR count). The lowest BCUT2D eigenvalue weighted by Crippen LogP contribution is -2.35. The zero-order valence-corrected chi connectivity index (χ0v) is 12.4. The van der Waals surface area contributed by atoms with Crippen LogP contribution in [-0.2, 0) is 0 Å². The van der Waals surface area contributed by atoms with E-state index in [2.05, 4.69) is 27.8 Å². The molecule has 1 unspecified atom stereocenters. The Labute approximate surface area is 118 Å². The number of nitrogens with zero attached hydrogens (tertiary/aromatic N) is 4. The molecule has 2 saturated carbocycles. The summed E-state index contributed by atoms with van der Waals surface area (Å²) in [7, 11) is 0. The van der Waals surface area contributed by atoms with Gasteiger partial charge in [0.15, 0.2) is 0 Å². The van der Waals surface area contributed by atoms with Gasteiger partial charge in [0.2, 0.25) is 5.16 Å². The summed E-state index contributed by atoms with van der Waals surface area (Å²) in [5, 5.41) is 17.3. The van der Waals surface area contributed by atoms with E-state index in [-0.39, 0.29) is 0 Å². The summed E-state index contributed by atoms with van der Waals surface area (Å²) >= 11 is 1.80. The molecule has 19 heavy (non-hydrogen) atoms. The predicted molar refractivity (Wildman–Crippen MR) is 76.3 cm³/mol. The molecule has 106 valence electrons. The molecule has 0 aliphatic heterocycles. The molecule has 1 atom stereocenters. The van der Waals surface area contributed by atoms with Crippen molar-refractivity contribution in [3.8, 4) is 0 Å². The first kappa shape index (κ1) is 13.4. The third kappa shape index (κ3) is 3.69. The van der Waals surface area contributed by atoms with E-state index in [1.54, 1.807) is 11.8 Å². The molecule has 0 aromatic carbocycles. The monoisotopic (exact) mass is 281 g/mol. The van der Waals surface area contributed by atoms with Crippen LogP contribution in [0.1, 0.15) is 57.9 Å². The van der Waals surface area contributed by atoms with Gasteiger partial charge < -0.3 is 5.32 Å². The van der Waals surface area contributed by atoms with Crippen molar-refractivity contribution in [3.63, 3.8) is 0 Å². The molecule has 5 nitrogen and oxygen atoms in total. The second-order valence-corrected chi connectivity index (χ2v) is 7.21. The molecule has 0 bridgehead atoms. The summed E-state index contributed by atoms with van der Waals surface area (Å²) in [4.78, 5) is 0. The van der Waals surface area contributed by atoms with Gasteiger partial charge in [-0.1, -0.05) is 37.9 Å². The molecule has 2 aliphatic rings. The minimum atomic E-state index is 0.519. The number of nitrogens with one attached hydrogen (secondary N) is 1. The maximum Gasteiger partial charge on any atom is 0.209 e. The molecule has 2 fully saturated rings. The Morgan fingerprint density at radius 3 is 2.79 bits per heavy atom. The van der Waals surface area contributed by atoms with Gasteiger partial charge in [0.1, 0.15) is 0 Å². The number of tetrazole rings is 1.